The molecule has 0 saturated heterocycles. The number of imide groups is 1. The lowest BCUT2D eigenvalue weighted by atomic mass is 10.0. The van der Waals surface area contributed by atoms with Crippen LogP contribution in [-0.4, -0.2) is 37.8 Å². The Morgan fingerprint density at radius 1 is 0.903 bits per heavy atom. The average Bonchev–Trinajstić information content (AvgIpc) is 3.12. The molecule has 2 heterocycles. The van der Waals surface area contributed by atoms with Crippen molar-refractivity contribution in [2.45, 2.75) is 26.3 Å². The average molecular weight is 420 g/mol. The van der Waals surface area contributed by atoms with Gasteiger partial charge < -0.3 is 5.32 Å². The van der Waals surface area contributed by atoms with Crippen LogP contribution in [-0.2, 0) is 18.9 Å². The van der Waals surface area contributed by atoms with Crippen LogP contribution in [0.3, 0.4) is 0 Å². The number of anilines is 1. The summed E-state index contributed by atoms with van der Waals surface area (Å²) in [6.45, 7) is 3.87. The minimum absolute atomic E-state index is 0.0810. The molecule has 31 heavy (non-hydrogen) atoms. The third-order valence-corrected chi connectivity index (χ3v) is 5.67. The molecule has 1 atom stereocenters. The van der Waals surface area contributed by atoms with Crippen molar-refractivity contribution in [3.05, 3.63) is 64.1 Å². The van der Waals surface area contributed by atoms with Crippen LogP contribution in [0.25, 0.3) is 11.0 Å². The molecule has 1 N–H and O–H groups in total. The minimum atomic E-state index is -0.942. The lowest BCUT2D eigenvalue weighted by Gasteiger charge is -2.26. The SMILES string of the molecule is CC(C)CC(C(=O)Nc1ccc2c(c1)n(C)c(=O)n2C)N1C(=O)c2ccccc2C1=O. The molecule has 2 aromatic carbocycles. The van der Waals surface area contributed by atoms with Gasteiger partial charge in [0.25, 0.3) is 11.8 Å². The quantitative estimate of drug-likeness (QED) is 0.642. The molecule has 0 fully saturated rings. The first-order valence-corrected chi connectivity index (χ1v) is 10.1. The van der Waals surface area contributed by atoms with Gasteiger partial charge in [-0.15, -0.1) is 0 Å². The molecule has 0 spiro atoms. The van der Waals surface area contributed by atoms with Crippen LogP contribution in [0.5, 0.6) is 0 Å². The summed E-state index contributed by atoms with van der Waals surface area (Å²) in [5.74, 6) is -1.27. The first kappa shape index (κ1) is 20.6. The van der Waals surface area contributed by atoms with Crippen molar-refractivity contribution in [3.8, 4) is 0 Å². The Balaban J connectivity index is 1.67. The zero-order valence-electron chi connectivity index (χ0n) is 17.9. The zero-order chi connectivity index (χ0) is 22.4. The summed E-state index contributed by atoms with van der Waals surface area (Å²) in [6, 6.07) is 10.8. The number of imidazole rings is 1. The summed E-state index contributed by atoms with van der Waals surface area (Å²) in [6.07, 6.45) is 0.337. The molecule has 8 nitrogen and oxygen atoms in total. The van der Waals surface area contributed by atoms with E-state index in [2.05, 4.69) is 5.32 Å². The summed E-state index contributed by atoms with van der Waals surface area (Å²) in [7, 11) is 3.35. The van der Waals surface area contributed by atoms with Gasteiger partial charge >= 0.3 is 5.69 Å². The molecule has 4 rings (SSSR count). The molecule has 160 valence electrons. The Hall–Kier alpha value is -3.68. The Kier molecular flexibility index (Phi) is 5.00. The number of aryl methyl sites for hydroxylation is 2. The standard InChI is InChI=1S/C23H24N4O4/c1-13(2)11-19(27-21(29)15-7-5-6-8-16(15)22(27)30)20(28)24-14-9-10-17-18(12-14)26(4)23(31)25(17)3/h5-10,12-13,19H,11H2,1-4H3,(H,24,28). The molecule has 0 aliphatic carbocycles. The molecule has 0 saturated carbocycles. The molecule has 3 amide bonds. The number of nitrogens with one attached hydrogen (secondary N) is 1. The van der Waals surface area contributed by atoms with Crippen LogP contribution < -0.4 is 11.0 Å². The number of carbonyl (C=O) groups is 3. The first-order valence-electron chi connectivity index (χ1n) is 10.1. The lowest BCUT2D eigenvalue weighted by Crippen LogP contribution is -2.47. The summed E-state index contributed by atoms with van der Waals surface area (Å²) >= 11 is 0. The molecular formula is C23H24N4O4. The normalized spacial score (nSPS) is 14.4. The number of nitrogens with zero attached hydrogens (tertiary/aromatic N) is 3. The molecule has 8 heteroatoms. The number of aromatic nitrogens is 2. The number of rotatable bonds is 5. The van der Waals surface area contributed by atoms with Crippen LogP contribution in [0, 0.1) is 5.92 Å². The van der Waals surface area contributed by atoms with Crippen LogP contribution in [0.4, 0.5) is 5.69 Å². The fourth-order valence-electron chi connectivity index (χ4n) is 4.08. The predicted molar refractivity (Wildman–Crippen MR) is 117 cm³/mol. The highest BCUT2D eigenvalue weighted by molar-refractivity contribution is 6.23. The first-order chi connectivity index (χ1) is 14.7. The number of hydrogen-bond donors (Lipinski definition) is 1. The van der Waals surface area contributed by atoms with Crippen molar-refractivity contribution in [1.82, 2.24) is 14.0 Å². The molecule has 3 aromatic rings. The summed E-state index contributed by atoms with van der Waals surface area (Å²) < 4.78 is 3.03. The molecule has 1 unspecified atom stereocenters. The van der Waals surface area contributed by atoms with E-state index in [1.807, 2.05) is 13.8 Å². The second-order valence-corrected chi connectivity index (χ2v) is 8.26. The van der Waals surface area contributed by atoms with Gasteiger partial charge in [-0.3, -0.25) is 28.4 Å². The van der Waals surface area contributed by atoms with Crippen molar-refractivity contribution in [2.24, 2.45) is 20.0 Å². The molecule has 1 aromatic heterocycles. The highest BCUT2D eigenvalue weighted by Gasteiger charge is 2.42. The Morgan fingerprint density at radius 2 is 1.48 bits per heavy atom. The van der Waals surface area contributed by atoms with E-state index in [0.717, 1.165) is 10.4 Å². The monoisotopic (exact) mass is 420 g/mol. The van der Waals surface area contributed by atoms with Crippen molar-refractivity contribution in [1.29, 1.82) is 0 Å². The van der Waals surface area contributed by atoms with E-state index in [1.165, 1.54) is 9.13 Å². The lowest BCUT2D eigenvalue weighted by molar-refractivity contribution is -0.120. The maximum Gasteiger partial charge on any atom is 0.328 e. The Bertz CT molecular complexity index is 1250. The van der Waals surface area contributed by atoms with Gasteiger partial charge in [0.2, 0.25) is 5.91 Å². The van der Waals surface area contributed by atoms with Crippen molar-refractivity contribution < 1.29 is 14.4 Å². The van der Waals surface area contributed by atoms with E-state index in [1.54, 1.807) is 56.6 Å². The number of benzene rings is 2. The number of hydrogen-bond acceptors (Lipinski definition) is 4. The highest BCUT2D eigenvalue weighted by atomic mass is 16.2. The summed E-state index contributed by atoms with van der Waals surface area (Å²) in [5.41, 5.74) is 2.37. The fourth-order valence-corrected chi connectivity index (χ4v) is 4.08. The topological polar surface area (TPSA) is 93.4 Å². The predicted octanol–water partition coefficient (Wildman–Crippen LogP) is 2.53. The maximum absolute atomic E-state index is 13.2. The van der Waals surface area contributed by atoms with Gasteiger partial charge in [-0.2, -0.15) is 0 Å². The van der Waals surface area contributed by atoms with Crippen LogP contribution in [0.1, 0.15) is 41.0 Å². The van der Waals surface area contributed by atoms with Gasteiger partial charge in [-0.05, 0) is 42.7 Å². The second-order valence-electron chi connectivity index (χ2n) is 8.26. The van der Waals surface area contributed by atoms with Crippen LogP contribution >= 0.6 is 0 Å². The van der Waals surface area contributed by atoms with E-state index in [4.69, 9.17) is 0 Å². The van der Waals surface area contributed by atoms with Crippen LogP contribution in [0.15, 0.2) is 47.3 Å². The van der Waals surface area contributed by atoms with E-state index in [0.29, 0.717) is 28.8 Å². The van der Waals surface area contributed by atoms with Crippen molar-refractivity contribution in [2.75, 3.05) is 5.32 Å². The minimum Gasteiger partial charge on any atom is -0.324 e. The van der Waals surface area contributed by atoms with Crippen molar-refractivity contribution in [3.63, 3.8) is 0 Å². The van der Waals surface area contributed by atoms with Crippen LogP contribution in [0.2, 0.25) is 0 Å². The molecule has 1 aliphatic rings. The Labute approximate surface area is 179 Å². The van der Waals surface area contributed by atoms with E-state index in [9.17, 15) is 19.2 Å². The highest BCUT2D eigenvalue weighted by Crippen LogP contribution is 2.28. The Morgan fingerprint density at radius 3 is 2.06 bits per heavy atom. The van der Waals surface area contributed by atoms with E-state index < -0.39 is 23.8 Å². The van der Waals surface area contributed by atoms with Gasteiger partial charge in [-0.25, -0.2) is 4.79 Å². The van der Waals surface area contributed by atoms with Crippen molar-refractivity contribution >= 4 is 34.4 Å². The van der Waals surface area contributed by atoms with E-state index in [-0.39, 0.29) is 11.6 Å². The number of amides is 3. The number of fused-ring (bicyclic) bond motifs is 2. The van der Waals surface area contributed by atoms with Gasteiger partial charge in [0, 0.05) is 19.8 Å². The second kappa shape index (κ2) is 7.54. The van der Waals surface area contributed by atoms with E-state index >= 15 is 0 Å². The molecule has 0 radical (unpaired) electrons. The van der Waals surface area contributed by atoms with Gasteiger partial charge in [0.15, 0.2) is 0 Å². The summed E-state index contributed by atoms with van der Waals surface area (Å²) in [4.78, 5) is 52.3. The largest absolute Gasteiger partial charge is 0.328 e. The number of carbonyl (C=O) groups excluding carboxylic acids is 3. The zero-order valence-corrected chi connectivity index (χ0v) is 17.9. The van der Waals surface area contributed by atoms with Gasteiger partial charge in [0.1, 0.15) is 6.04 Å². The molecule has 0 bridgehead atoms. The smallest absolute Gasteiger partial charge is 0.324 e. The van der Waals surface area contributed by atoms with Gasteiger partial charge in [-0.1, -0.05) is 26.0 Å². The third-order valence-electron chi connectivity index (χ3n) is 5.67. The molecular weight excluding hydrogens is 396 g/mol. The summed E-state index contributed by atoms with van der Waals surface area (Å²) in [5, 5.41) is 2.83. The maximum atomic E-state index is 13.2. The van der Waals surface area contributed by atoms with Gasteiger partial charge in [0.05, 0.1) is 22.2 Å². The third kappa shape index (κ3) is 3.34. The molecule has 1 aliphatic heterocycles. The fraction of sp³-hybridized carbons (Fsp3) is 0.304.